The SMILES string of the molecule is C#Cc1cc(N2C=CC=CC(C(=O)OC)=C2C(=O)OC)ccc1OC. The molecule has 6 heteroatoms. The van der Waals surface area contributed by atoms with Crippen molar-refractivity contribution in [1.82, 2.24) is 0 Å². The fourth-order valence-electron chi connectivity index (χ4n) is 2.32. The zero-order chi connectivity index (χ0) is 18.4. The van der Waals surface area contributed by atoms with Gasteiger partial charge in [-0.25, -0.2) is 9.59 Å². The number of benzene rings is 1. The van der Waals surface area contributed by atoms with Crippen LogP contribution in [0.15, 0.2) is 53.9 Å². The van der Waals surface area contributed by atoms with Gasteiger partial charge in [-0.2, -0.15) is 0 Å². The summed E-state index contributed by atoms with van der Waals surface area (Å²) in [6.07, 6.45) is 11.9. The van der Waals surface area contributed by atoms with Gasteiger partial charge >= 0.3 is 11.9 Å². The molecule has 0 saturated carbocycles. The quantitative estimate of drug-likeness (QED) is 0.619. The normalized spacial score (nSPS) is 13.1. The van der Waals surface area contributed by atoms with E-state index in [9.17, 15) is 9.59 Å². The molecule has 128 valence electrons. The van der Waals surface area contributed by atoms with Gasteiger partial charge in [-0.3, -0.25) is 0 Å². The summed E-state index contributed by atoms with van der Waals surface area (Å²) in [5.74, 6) is 1.72. The molecule has 6 nitrogen and oxygen atoms in total. The summed E-state index contributed by atoms with van der Waals surface area (Å²) in [5.41, 5.74) is 1.16. The zero-order valence-corrected chi connectivity index (χ0v) is 14.1. The van der Waals surface area contributed by atoms with Crippen LogP contribution in [0.25, 0.3) is 0 Å². The number of nitrogens with zero attached hydrogens (tertiary/aromatic N) is 1. The summed E-state index contributed by atoms with van der Waals surface area (Å²) >= 11 is 0. The second-order valence-corrected chi connectivity index (χ2v) is 4.85. The minimum atomic E-state index is -0.685. The van der Waals surface area contributed by atoms with Crippen molar-refractivity contribution < 1.29 is 23.8 Å². The van der Waals surface area contributed by atoms with E-state index in [0.29, 0.717) is 17.0 Å². The van der Waals surface area contributed by atoms with Gasteiger partial charge in [0, 0.05) is 11.9 Å². The number of hydrogen-bond acceptors (Lipinski definition) is 6. The van der Waals surface area contributed by atoms with Crippen LogP contribution in [0.2, 0.25) is 0 Å². The van der Waals surface area contributed by atoms with Crippen molar-refractivity contribution in [1.29, 1.82) is 0 Å². The number of esters is 2. The van der Waals surface area contributed by atoms with E-state index >= 15 is 0 Å². The van der Waals surface area contributed by atoms with Crippen LogP contribution in [0.1, 0.15) is 5.56 Å². The number of carbonyl (C=O) groups excluding carboxylic acids is 2. The summed E-state index contributed by atoms with van der Waals surface area (Å²) in [7, 11) is 3.99. The molecule has 1 aromatic carbocycles. The number of hydrogen-bond donors (Lipinski definition) is 0. The smallest absolute Gasteiger partial charge is 0.355 e. The molecule has 25 heavy (non-hydrogen) atoms. The van der Waals surface area contributed by atoms with E-state index in [1.54, 1.807) is 36.6 Å². The Balaban J connectivity index is 2.67. The first-order chi connectivity index (χ1) is 12.1. The minimum absolute atomic E-state index is 0.0208. The van der Waals surface area contributed by atoms with E-state index in [4.69, 9.17) is 20.6 Å². The third-order valence-corrected chi connectivity index (χ3v) is 3.51. The van der Waals surface area contributed by atoms with E-state index in [0.717, 1.165) is 0 Å². The summed E-state index contributed by atoms with van der Waals surface area (Å²) in [5, 5.41) is 0. The van der Waals surface area contributed by atoms with E-state index in [2.05, 4.69) is 5.92 Å². The lowest BCUT2D eigenvalue weighted by molar-refractivity contribution is -0.139. The number of ether oxygens (including phenoxy) is 3. The third kappa shape index (κ3) is 3.56. The molecule has 0 unspecified atom stereocenters. The largest absolute Gasteiger partial charge is 0.495 e. The molecular weight excluding hydrogens is 322 g/mol. The van der Waals surface area contributed by atoms with Crippen LogP contribution in [-0.4, -0.2) is 33.3 Å². The Bertz CT molecular complexity index is 827. The number of allylic oxidation sites excluding steroid dienone is 2. The van der Waals surface area contributed by atoms with Crippen LogP contribution >= 0.6 is 0 Å². The van der Waals surface area contributed by atoms with Gasteiger partial charge in [0.15, 0.2) is 0 Å². The topological polar surface area (TPSA) is 65.1 Å². The maximum absolute atomic E-state index is 12.3. The summed E-state index contributed by atoms with van der Waals surface area (Å²) < 4.78 is 14.8. The molecule has 0 bridgehead atoms. The minimum Gasteiger partial charge on any atom is -0.495 e. The van der Waals surface area contributed by atoms with Crippen molar-refractivity contribution in [3.8, 4) is 18.1 Å². The molecule has 0 radical (unpaired) electrons. The highest BCUT2D eigenvalue weighted by atomic mass is 16.5. The molecule has 0 atom stereocenters. The summed E-state index contributed by atoms with van der Waals surface area (Å²) in [6.45, 7) is 0. The van der Waals surface area contributed by atoms with Gasteiger partial charge in [0.25, 0.3) is 0 Å². The summed E-state index contributed by atoms with van der Waals surface area (Å²) in [6, 6.07) is 5.07. The monoisotopic (exact) mass is 339 g/mol. The number of carbonyl (C=O) groups is 2. The van der Waals surface area contributed by atoms with Crippen molar-refractivity contribution in [3.63, 3.8) is 0 Å². The highest BCUT2D eigenvalue weighted by molar-refractivity contribution is 6.05. The molecule has 1 aromatic rings. The van der Waals surface area contributed by atoms with Gasteiger partial charge in [0.1, 0.15) is 11.4 Å². The average molecular weight is 339 g/mol. The average Bonchev–Trinajstić information content (AvgIpc) is 2.88. The second kappa shape index (κ2) is 7.88. The van der Waals surface area contributed by atoms with Gasteiger partial charge in [-0.05, 0) is 30.4 Å². The fraction of sp³-hybridized carbons (Fsp3) is 0.158. The molecule has 0 saturated heterocycles. The maximum atomic E-state index is 12.3. The molecule has 1 aliphatic heterocycles. The Morgan fingerprint density at radius 1 is 1.08 bits per heavy atom. The Kier molecular flexibility index (Phi) is 5.64. The van der Waals surface area contributed by atoms with Crippen molar-refractivity contribution in [2.45, 2.75) is 0 Å². The molecule has 0 amide bonds. The predicted octanol–water partition coefficient (Wildman–Crippen LogP) is 2.17. The second-order valence-electron chi connectivity index (χ2n) is 4.85. The lowest BCUT2D eigenvalue weighted by atomic mass is 10.1. The lowest BCUT2D eigenvalue weighted by Crippen LogP contribution is -2.27. The van der Waals surface area contributed by atoms with Crippen LogP contribution < -0.4 is 9.64 Å². The highest BCUT2D eigenvalue weighted by Gasteiger charge is 2.27. The van der Waals surface area contributed by atoms with Crippen molar-refractivity contribution in [2.24, 2.45) is 0 Å². The van der Waals surface area contributed by atoms with Gasteiger partial charge < -0.3 is 19.1 Å². The summed E-state index contributed by atoms with van der Waals surface area (Å²) in [4.78, 5) is 26.0. The highest BCUT2D eigenvalue weighted by Crippen LogP contribution is 2.30. The lowest BCUT2D eigenvalue weighted by Gasteiger charge is -2.23. The zero-order valence-electron chi connectivity index (χ0n) is 14.1. The Hall–Kier alpha value is -3.46. The molecule has 1 aliphatic rings. The van der Waals surface area contributed by atoms with Gasteiger partial charge in [0.05, 0.1) is 32.5 Å². The van der Waals surface area contributed by atoms with Gasteiger partial charge in [-0.15, -0.1) is 6.42 Å². The fourth-order valence-corrected chi connectivity index (χ4v) is 2.32. The van der Waals surface area contributed by atoms with Crippen LogP contribution in [-0.2, 0) is 19.1 Å². The van der Waals surface area contributed by atoms with Crippen LogP contribution in [0.3, 0.4) is 0 Å². The van der Waals surface area contributed by atoms with Gasteiger partial charge in [-0.1, -0.05) is 12.0 Å². The van der Waals surface area contributed by atoms with E-state index in [-0.39, 0.29) is 11.3 Å². The Labute approximate surface area is 146 Å². The van der Waals surface area contributed by atoms with E-state index in [1.165, 1.54) is 32.3 Å². The van der Waals surface area contributed by atoms with Crippen molar-refractivity contribution >= 4 is 17.6 Å². The first-order valence-electron chi connectivity index (χ1n) is 7.27. The maximum Gasteiger partial charge on any atom is 0.355 e. The van der Waals surface area contributed by atoms with Crippen LogP contribution in [0.4, 0.5) is 5.69 Å². The van der Waals surface area contributed by atoms with Crippen LogP contribution in [0.5, 0.6) is 5.75 Å². The molecule has 2 rings (SSSR count). The standard InChI is InChI=1S/C19H17NO5/c1-5-13-12-14(9-10-16(13)23-2)20-11-7-6-8-15(18(21)24-3)17(20)19(22)25-4/h1,6-12H,2-4H3. The molecule has 1 heterocycles. The molecule has 0 fully saturated rings. The first-order valence-corrected chi connectivity index (χ1v) is 7.27. The van der Waals surface area contributed by atoms with Crippen molar-refractivity contribution in [2.75, 3.05) is 26.2 Å². The van der Waals surface area contributed by atoms with Gasteiger partial charge in [0.2, 0.25) is 0 Å². The predicted molar refractivity (Wildman–Crippen MR) is 92.7 cm³/mol. The third-order valence-electron chi connectivity index (χ3n) is 3.51. The number of rotatable bonds is 4. The molecule has 0 spiro atoms. The molecule has 0 aromatic heterocycles. The number of anilines is 1. The number of terminal acetylenes is 1. The first kappa shape index (κ1) is 17.9. The number of methoxy groups -OCH3 is 3. The Morgan fingerprint density at radius 3 is 2.40 bits per heavy atom. The molecule has 0 aliphatic carbocycles. The molecular formula is C19H17NO5. The van der Waals surface area contributed by atoms with E-state index < -0.39 is 11.9 Å². The Morgan fingerprint density at radius 2 is 1.80 bits per heavy atom. The van der Waals surface area contributed by atoms with E-state index in [1.807, 2.05) is 0 Å². The molecule has 0 N–H and O–H groups in total. The van der Waals surface area contributed by atoms with Crippen molar-refractivity contribution in [3.05, 3.63) is 59.5 Å². The van der Waals surface area contributed by atoms with Crippen LogP contribution in [0, 0.1) is 12.3 Å².